The molecule has 0 saturated carbocycles. The van der Waals surface area contributed by atoms with Gasteiger partial charge in [-0.15, -0.1) is 0 Å². The molecule has 0 saturated heterocycles. The fourth-order valence-corrected chi connectivity index (χ4v) is 2.65. The summed E-state index contributed by atoms with van der Waals surface area (Å²) in [7, 11) is 0. The average molecular weight is 360 g/mol. The van der Waals surface area contributed by atoms with Crippen molar-refractivity contribution < 1.29 is 4.79 Å². The van der Waals surface area contributed by atoms with Gasteiger partial charge in [0.1, 0.15) is 11.4 Å². The summed E-state index contributed by atoms with van der Waals surface area (Å²) in [4.78, 5) is 31.2. The highest BCUT2D eigenvalue weighted by Gasteiger charge is 2.13. The topological polar surface area (TPSA) is 74.8 Å². The fraction of sp³-hybridized carbons (Fsp3) is 0. The van der Waals surface area contributed by atoms with E-state index in [9.17, 15) is 9.59 Å². The number of nitrogens with one attached hydrogen (secondary N) is 2. The zero-order valence-corrected chi connectivity index (χ0v) is 13.7. The van der Waals surface area contributed by atoms with E-state index in [-0.39, 0.29) is 5.56 Å². The second-order valence-corrected chi connectivity index (χ2v) is 5.83. The molecule has 0 aliphatic carbocycles. The van der Waals surface area contributed by atoms with E-state index in [0.29, 0.717) is 21.6 Å². The minimum atomic E-state index is -0.596. The molecule has 0 spiro atoms. The predicted octanol–water partition coefficient (Wildman–Crippen LogP) is 4.00. The molecule has 2 N–H and O–H groups in total. The Kier molecular flexibility index (Phi) is 4.64. The van der Waals surface area contributed by atoms with Crippen molar-refractivity contribution in [2.75, 3.05) is 5.32 Å². The van der Waals surface area contributed by atoms with Crippen LogP contribution in [0.5, 0.6) is 0 Å². The Morgan fingerprint density at radius 1 is 1.04 bits per heavy atom. The lowest BCUT2D eigenvalue weighted by atomic mass is 10.2. The first-order valence-electron chi connectivity index (χ1n) is 6.95. The zero-order valence-electron chi connectivity index (χ0n) is 12.2. The molecular formula is C17H11Cl2N3O2. The van der Waals surface area contributed by atoms with Crippen LogP contribution in [0.3, 0.4) is 0 Å². The summed E-state index contributed by atoms with van der Waals surface area (Å²) < 4.78 is 0. The molecule has 0 unspecified atom stereocenters. The van der Waals surface area contributed by atoms with Gasteiger partial charge in [0.05, 0.1) is 0 Å². The van der Waals surface area contributed by atoms with E-state index in [0.717, 1.165) is 5.56 Å². The van der Waals surface area contributed by atoms with E-state index in [1.165, 1.54) is 18.3 Å². The molecule has 0 atom stereocenters. The highest BCUT2D eigenvalue weighted by molar-refractivity contribution is 6.35. The number of carbonyl (C=O) groups is 1. The molecule has 7 heteroatoms. The third-order valence-corrected chi connectivity index (χ3v) is 3.65. The molecule has 0 bridgehead atoms. The number of halogens is 2. The highest BCUT2D eigenvalue weighted by atomic mass is 35.5. The maximum absolute atomic E-state index is 12.2. The van der Waals surface area contributed by atoms with E-state index < -0.39 is 11.5 Å². The van der Waals surface area contributed by atoms with Gasteiger partial charge in [0.25, 0.3) is 11.5 Å². The third kappa shape index (κ3) is 3.64. The Labute approximate surface area is 147 Å². The van der Waals surface area contributed by atoms with Crippen LogP contribution in [0.15, 0.2) is 59.5 Å². The van der Waals surface area contributed by atoms with Crippen molar-refractivity contribution in [1.82, 2.24) is 9.97 Å². The van der Waals surface area contributed by atoms with Crippen LogP contribution >= 0.6 is 23.2 Å². The van der Waals surface area contributed by atoms with Crippen molar-refractivity contribution in [2.45, 2.75) is 0 Å². The number of benzene rings is 2. The van der Waals surface area contributed by atoms with Gasteiger partial charge in [-0.1, -0.05) is 53.5 Å². The fourth-order valence-electron chi connectivity index (χ4n) is 2.12. The molecule has 0 aliphatic heterocycles. The number of aromatic nitrogens is 2. The summed E-state index contributed by atoms with van der Waals surface area (Å²) in [5.41, 5.74) is 0.507. The Morgan fingerprint density at radius 2 is 1.71 bits per heavy atom. The quantitative estimate of drug-likeness (QED) is 0.742. The number of aromatic amines is 1. The molecule has 3 rings (SSSR count). The summed E-state index contributed by atoms with van der Waals surface area (Å²) in [6, 6.07) is 13.8. The van der Waals surface area contributed by atoms with Crippen LogP contribution in [-0.2, 0) is 0 Å². The van der Waals surface area contributed by atoms with Crippen molar-refractivity contribution in [3.05, 3.63) is 80.7 Å². The molecule has 1 heterocycles. The van der Waals surface area contributed by atoms with E-state index in [1.54, 1.807) is 6.07 Å². The molecule has 120 valence electrons. The number of hydrogen-bond acceptors (Lipinski definition) is 3. The van der Waals surface area contributed by atoms with Crippen LogP contribution < -0.4 is 10.9 Å². The van der Waals surface area contributed by atoms with Gasteiger partial charge < -0.3 is 10.3 Å². The van der Waals surface area contributed by atoms with Gasteiger partial charge >= 0.3 is 0 Å². The van der Waals surface area contributed by atoms with Gasteiger partial charge in [0.15, 0.2) is 0 Å². The smallest absolute Gasteiger partial charge is 0.264 e. The summed E-state index contributed by atoms with van der Waals surface area (Å²) in [6.07, 6.45) is 1.24. The Bertz CT molecular complexity index is 935. The number of nitrogens with zero attached hydrogens (tertiary/aromatic N) is 1. The van der Waals surface area contributed by atoms with Crippen molar-refractivity contribution in [1.29, 1.82) is 0 Å². The average Bonchev–Trinajstić information content (AvgIpc) is 2.54. The lowest BCUT2D eigenvalue weighted by Gasteiger charge is -2.06. The predicted molar refractivity (Wildman–Crippen MR) is 94.7 cm³/mol. The third-order valence-electron chi connectivity index (χ3n) is 3.21. The molecule has 0 aliphatic rings. The van der Waals surface area contributed by atoms with Crippen LogP contribution in [0, 0.1) is 0 Å². The van der Waals surface area contributed by atoms with Gasteiger partial charge in [-0.2, -0.15) is 0 Å². The van der Waals surface area contributed by atoms with Gasteiger partial charge in [0.2, 0.25) is 0 Å². The van der Waals surface area contributed by atoms with Crippen LogP contribution in [0.2, 0.25) is 10.0 Å². The summed E-state index contributed by atoms with van der Waals surface area (Å²) >= 11 is 11.8. The molecule has 5 nitrogen and oxygen atoms in total. The monoisotopic (exact) mass is 359 g/mol. The second kappa shape index (κ2) is 6.86. The molecular weight excluding hydrogens is 349 g/mol. The first-order valence-corrected chi connectivity index (χ1v) is 7.71. The lowest BCUT2D eigenvalue weighted by Crippen LogP contribution is -2.24. The number of H-pyrrole nitrogens is 1. The van der Waals surface area contributed by atoms with Crippen molar-refractivity contribution in [3.8, 4) is 11.4 Å². The number of amides is 1. The highest BCUT2D eigenvalue weighted by Crippen LogP contribution is 2.22. The number of rotatable bonds is 3. The molecule has 3 aromatic rings. The molecule has 1 aromatic heterocycles. The maximum atomic E-state index is 12.2. The van der Waals surface area contributed by atoms with Gasteiger partial charge in [-0.3, -0.25) is 9.59 Å². The van der Waals surface area contributed by atoms with Crippen LogP contribution in [0.1, 0.15) is 10.4 Å². The van der Waals surface area contributed by atoms with Crippen LogP contribution in [-0.4, -0.2) is 15.9 Å². The van der Waals surface area contributed by atoms with Crippen molar-refractivity contribution in [2.24, 2.45) is 0 Å². The van der Waals surface area contributed by atoms with Gasteiger partial charge in [0, 0.05) is 27.5 Å². The Hall–Kier alpha value is -2.63. The first-order chi connectivity index (χ1) is 11.5. The summed E-state index contributed by atoms with van der Waals surface area (Å²) in [5, 5.41) is 3.33. The zero-order chi connectivity index (χ0) is 17.1. The summed E-state index contributed by atoms with van der Waals surface area (Å²) in [6.45, 7) is 0. The number of carbonyl (C=O) groups excluding carboxylic acids is 1. The molecule has 24 heavy (non-hydrogen) atoms. The Balaban J connectivity index is 1.87. The maximum Gasteiger partial charge on any atom is 0.264 e. The van der Waals surface area contributed by atoms with Crippen LogP contribution in [0.25, 0.3) is 11.4 Å². The number of anilines is 1. The van der Waals surface area contributed by atoms with Crippen molar-refractivity contribution in [3.63, 3.8) is 0 Å². The largest absolute Gasteiger partial charge is 0.322 e. The number of hydrogen-bond donors (Lipinski definition) is 2. The van der Waals surface area contributed by atoms with Crippen LogP contribution in [0.4, 0.5) is 5.69 Å². The van der Waals surface area contributed by atoms with E-state index in [2.05, 4.69) is 15.3 Å². The standard InChI is InChI=1S/C17H11Cl2N3O2/c18-11-6-12(19)8-13(7-11)21-16(23)14-9-20-15(22-17(14)24)10-4-2-1-3-5-10/h1-9H,(H,21,23)(H,20,22,24). The van der Waals surface area contributed by atoms with Gasteiger partial charge in [-0.05, 0) is 18.2 Å². The second-order valence-electron chi connectivity index (χ2n) is 4.95. The first kappa shape index (κ1) is 16.2. The lowest BCUT2D eigenvalue weighted by molar-refractivity contribution is 0.102. The van der Waals surface area contributed by atoms with E-state index >= 15 is 0 Å². The minimum Gasteiger partial charge on any atom is -0.322 e. The minimum absolute atomic E-state index is 0.106. The molecule has 1 amide bonds. The van der Waals surface area contributed by atoms with E-state index in [1.807, 2.05) is 30.3 Å². The summed E-state index contributed by atoms with van der Waals surface area (Å²) in [5.74, 6) is -0.204. The molecule has 0 fully saturated rings. The van der Waals surface area contributed by atoms with Gasteiger partial charge in [-0.25, -0.2) is 4.98 Å². The normalized spacial score (nSPS) is 10.4. The Morgan fingerprint density at radius 3 is 2.33 bits per heavy atom. The SMILES string of the molecule is O=C(Nc1cc(Cl)cc(Cl)c1)c1cnc(-c2ccccc2)[nH]c1=O. The molecule has 2 aromatic carbocycles. The molecule has 0 radical (unpaired) electrons. The van der Waals surface area contributed by atoms with Crippen molar-refractivity contribution >= 4 is 34.8 Å². The van der Waals surface area contributed by atoms with E-state index in [4.69, 9.17) is 23.2 Å².